The smallest absolute Gasteiger partial charge is 0.0714 e. The van der Waals surface area contributed by atoms with Gasteiger partial charge in [0.25, 0.3) is 0 Å². The zero-order chi connectivity index (χ0) is 63.0. The van der Waals surface area contributed by atoms with Crippen LogP contribution in [0.1, 0.15) is 80.4 Å². The zero-order valence-electron chi connectivity index (χ0n) is 58.2. The fourth-order valence-corrected chi connectivity index (χ4v) is 7.59. The molecule has 0 saturated carbocycles. The first-order valence-electron chi connectivity index (χ1n) is 32.1. The molecule has 0 saturated heterocycles. The maximum absolute atomic E-state index is 10.6. The van der Waals surface area contributed by atoms with Crippen molar-refractivity contribution in [3.05, 3.63) is 251 Å². The summed E-state index contributed by atoms with van der Waals surface area (Å²) < 4.78 is 268. The number of benzene rings is 8. The van der Waals surface area contributed by atoms with Gasteiger partial charge in [-0.05, 0) is 112 Å². The van der Waals surface area contributed by atoms with Crippen LogP contribution in [-0.2, 0) is 5.41 Å². The third kappa shape index (κ3) is 5.25. The molecule has 1 aromatic heterocycles. The van der Waals surface area contributed by atoms with Crippen LogP contribution in [0.25, 0.3) is 44.2 Å². The molecule has 0 spiro atoms. The minimum Gasteiger partial charge on any atom is -0.314 e. The zero-order valence-corrected chi connectivity index (χ0v) is 29.2. The molecular formula is C55H40N2. The summed E-state index contributed by atoms with van der Waals surface area (Å²) >= 11 is 0. The van der Waals surface area contributed by atoms with Gasteiger partial charge in [-0.25, -0.2) is 0 Å². The first-order valence-corrected chi connectivity index (χ1v) is 17.5. The second-order valence-electron chi connectivity index (χ2n) is 12.9. The SMILES string of the molecule is [2H]c1ccc(-n2c3cc([2H])c([2H])cc3c3c([2H])c([2H])c(C4=CC([2H])C([2H])C(N(c5c([2H])c([2H])c([2H])c([2H])c5[2H])c5c([2H])c([2H])c6c(c5[2H])C(c5cc([2H])c([2H])c([2H])c5)(c5c([2H])c([2H])c([2H])c([2H])c5[2H])c5c([2H])c([2H])c([2H])c([2H])c5-6)=C4)c([2H])c32)cc1[2H]. The Balaban J connectivity index is 1.33. The Morgan fingerprint density at radius 2 is 1.28 bits per heavy atom. The number of fused-ring (bicyclic) bond motifs is 6. The molecule has 0 bridgehead atoms. The van der Waals surface area contributed by atoms with Gasteiger partial charge in [0.2, 0.25) is 0 Å². The van der Waals surface area contributed by atoms with Gasteiger partial charge < -0.3 is 9.47 Å². The van der Waals surface area contributed by atoms with E-state index in [1.165, 1.54) is 34.9 Å². The van der Waals surface area contributed by atoms with Crippen molar-refractivity contribution in [3.8, 4) is 16.8 Å². The van der Waals surface area contributed by atoms with Crippen LogP contribution in [0.3, 0.4) is 0 Å². The minimum atomic E-state index is -2.97. The number of hydrogen-bond donors (Lipinski definition) is 0. The Hall–Kier alpha value is -7.16. The molecule has 1 heterocycles. The highest BCUT2D eigenvalue weighted by atomic mass is 15.1. The third-order valence-electron chi connectivity index (χ3n) is 9.93. The Kier molecular flexibility index (Phi) is 3.58. The molecule has 2 nitrogen and oxygen atoms in total. The van der Waals surface area contributed by atoms with Gasteiger partial charge in [0, 0.05) is 36.3 Å². The van der Waals surface area contributed by atoms with Gasteiger partial charge in [-0.2, -0.15) is 0 Å². The van der Waals surface area contributed by atoms with E-state index in [0.29, 0.717) is 4.90 Å². The van der Waals surface area contributed by atoms with E-state index in [2.05, 4.69) is 0 Å². The normalized spacial score (nSPS) is 25.6. The van der Waals surface area contributed by atoms with Crippen LogP contribution in [0.2, 0.25) is 0 Å². The lowest BCUT2D eigenvalue weighted by Crippen LogP contribution is -2.29. The molecule has 57 heavy (non-hydrogen) atoms. The number of aromatic nitrogens is 1. The highest BCUT2D eigenvalue weighted by molar-refractivity contribution is 6.10. The van der Waals surface area contributed by atoms with E-state index in [4.69, 9.17) is 20.6 Å². The number of rotatable bonds is 7. The van der Waals surface area contributed by atoms with Crippen molar-refractivity contribution in [3.63, 3.8) is 0 Å². The molecule has 3 atom stereocenters. The summed E-state index contributed by atoms with van der Waals surface area (Å²) in [4.78, 5) is 0.632. The number of hydrogen-bond acceptors (Lipinski definition) is 1. The van der Waals surface area contributed by atoms with Crippen LogP contribution >= 0.6 is 0 Å². The molecule has 0 aliphatic heterocycles. The highest BCUT2D eigenvalue weighted by Gasteiger charge is 2.46. The summed E-state index contributed by atoms with van der Waals surface area (Å²) in [5.41, 5.74) is -10.4. The molecule has 11 rings (SSSR count). The quantitative estimate of drug-likeness (QED) is 0.157. The van der Waals surface area contributed by atoms with Crippen molar-refractivity contribution in [2.24, 2.45) is 0 Å². The predicted octanol–water partition coefficient (Wildman–Crippen LogP) is 14.0. The predicted molar refractivity (Wildman–Crippen MR) is 238 cm³/mol. The molecule has 0 fully saturated rings. The molecule has 9 aromatic rings. The van der Waals surface area contributed by atoms with Gasteiger partial charge >= 0.3 is 0 Å². The molecular weight excluding hydrogens is 689 g/mol. The van der Waals surface area contributed by atoms with Crippen LogP contribution < -0.4 is 4.90 Å². The van der Waals surface area contributed by atoms with Gasteiger partial charge in [-0.15, -0.1) is 0 Å². The first-order chi connectivity index (χ1) is 40.3. The van der Waals surface area contributed by atoms with E-state index in [1.54, 1.807) is 0 Å². The summed E-state index contributed by atoms with van der Waals surface area (Å²) in [5.74, 6) is 0. The maximum atomic E-state index is 10.6. The van der Waals surface area contributed by atoms with Crippen LogP contribution in [0, 0.1) is 0 Å². The molecule has 2 heteroatoms. The summed E-state index contributed by atoms with van der Waals surface area (Å²) in [6.45, 7) is 0. The minimum absolute atomic E-state index is 0.0625. The lowest BCUT2D eigenvalue weighted by atomic mass is 9.67. The van der Waals surface area contributed by atoms with Crippen molar-refractivity contribution < 1.29 is 39.8 Å². The molecule has 270 valence electrons. The van der Waals surface area contributed by atoms with E-state index < -0.39 is 213 Å². The largest absolute Gasteiger partial charge is 0.314 e. The highest BCUT2D eigenvalue weighted by Crippen LogP contribution is 2.57. The molecule has 0 radical (unpaired) electrons. The first kappa shape index (κ1) is 15.1. The number of anilines is 2. The fraction of sp³-hybridized carbons (Fsp3) is 0.0545. The van der Waals surface area contributed by atoms with Gasteiger partial charge in [0.15, 0.2) is 0 Å². The maximum Gasteiger partial charge on any atom is 0.0714 e. The van der Waals surface area contributed by atoms with Crippen molar-refractivity contribution >= 4 is 38.8 Å². The van der Waals surface area contributed by atoms with E-state index in [9.17, 15) is 19.2 Å². The molecule has 0 N–H and O–H groups in total. The van der Waals surface area contributed by atoms with Crippen LogP contribution in [0.15, 0.2) is 223 Å². The molecule has 2 aliphatic rings. The van der Waals surface area contributed by atoms with Crippen LogP contribution in [0.4, 0.5) is 11.4 Å². The van der Waals surface area contributed by atoms with Crippen molar-refractivity contribution in [2.75, 3.05) is 4.90 Å². The van der Waals surface area contributed by atoms with Gasteiger partial charge in [-0.3, -0.25) is 0 Å². The van der Waals surface area contributed by atoms with E-state index >= 15 is 0 Å². The van der Waals surface area contributed by atoms with Gasteiger partial charge in [-0.1, -0.05) is 163 Å². The number of nitrogens with zero attached hydrogens (tertiary/aromatic N) is 2. The monoisotopic (exact) mass is 758 g/mol. The van der Waals surface area contributed by atoms with E-state index in [-0.39, 0.29) is 57.2 Å². The fourth-order valence-electron chi connectivity index (χ4n) is 7.59. The lowest BCUT2D eigenvalue weighted by Gasteiger charge is -2.35. The van der Waals surface area contributed by atoms with Crippen LogP contribution in [0.5, 0.6) is 0 Å². The average molecular weight is 758 g/mol. The van der Waals surface area contributed by atoms with Gasteiger partial charge in [0.05, 0.1) is 53.5 Å². The molecule has 3 unspecified atom stereocenters. The molecule has 2 aliphatic carbocycles. The van der Waals surface area contributed by atoms with E-state index in [1.807, 2.05) is 0 Å². The lowest BCUT2D eigenvalue weighted by molar-refractivity contribution is 0.768. The summed E-state index contributed by atoms with van der Waals surface area (Å²) in [6, 6.07) is -14.2. The average Bonchev–Trinajstić information content (AvgIpc) is 1.47. The second kappa shape index (κ2) is 13.5. The summed E-state index contributed by atoms with van der Waals surface area (Å²) in [7, 11) is 0. The topological polar surface area (TPSA) is 8.17 Å². The van der Waals surface area contributed by atoms with E-state index in [0.717, 1.165) is 24.3 Å². The van der Waals surface area contributed by atoms with Gasteiger partial charge in [0.1, 0.15) is 0 Å². The van der Waals surface area contributed by atoms with Crippen LogP contribution in [-0.4, -0.2) is 4.57 Å². The Morgan fingerprint density at radius 1 is 0.544 bits per heavy atom. The molecule has 8 aromatic carbocycles. The standard InChI is InChI=1S/C55H40N2/c1-5-19-41(20-6-1)55(42-21-7-2-8-22-42)51-30-15-13-28-47(51)48-35-33-46(38-52(48)55)56(43-23-9-3-10-24-43)45-27-17-18-39(36-45)40-32-34-50-49-29-14-16-31-53(49)57(54(50)37-40)44-25-11-4-12-26-44/h1-16,18-26,28-38H,17,27H2/i1D,2D,3D,4D,5D,6D,7D,8D,9D,10D,11D,13D,14D,15D,16D,17D,19D,20D,23D,24D,27D,28D,30D,32D,33D,34D,35D,37D,38D. The Morgan fingerprint density at radius 3 is 2.14 bits per heavy atom. The summed E-state index contributed by atoms with van der Waals surface area (Å²) in [6.07, 6.45) is -1.74. The van der Waals surface area contributed by atoms with Crippen molar-refractivity contribution in [2.45, 2.75) is 18.2 Å². The Labute approximate surface area is 374 Å². The van der Waals surface area contributed by atoms with Crippen molar-refractivity contribution in [1.82, 2.24) is 4.57 Å². The number of para-hydroxylation sites is 3. The summed E-state index contributed by atoms with van der Waals surface area (Å²) in [5, 5.41) is 0.0800. The van der Waals surface area contributed by atoms with Crippen molar-refractivity contribution in [1.29, 1.82) is 0 Å². The third-order valence-corrected chi connectivity index (χ3v) is 9.93. The molecule has 0 amide bonds. The number of allylic oxidation sites excluding steroid dienone is 4. The Bertz CT molecular complexity index is 4600. The second-order valence-corrected chi connectivity index (χ2v) is 12.9.